The van der Waals surface area contributed by atoms with Gasteiger partial charge in [-0.1, -0.05) is 35.9 Å². The number of aromatic nitrogens is 1. The molecular weight excluding hydrogens is 388 g/mol. The Kier molecular flexibility index (Phi) is 4.37. The van der Waals surface area contributed by atoms with E-state index in [0.29, 0.717) is 0 Å². The fourth-order valence-corrected chi connectivity index (χ4v) is 5.17. The zero-order valence-electron chi connectivity index (χ0n) is 17.9. The third kappa shape index (κ3) is 2.74. The first-order chi connectivity index (χ1) is 14.4. The summed E-state index contributed by atoms with van der Waals surface area (Å²) in [6.45, 7) is 7.71. The Labute approximate surface area is 182 Å². The van der Waals surface area contributed by atoms with Crippen molar-refractivity contribution in [2.24, 2.45) is 0 Å². The third-order valence-corrected chi connectivity index (χ3v) is 6.78. The Morgan fingerprint density at radius 2 is 1.70 bits per heavy atom. The van der Waals surface area contributed by atoms with Crippen LogP contribution in [0.15, 0.2) is 66.7 Å². The van der Waals surface area contributed by atoms with Crippen LogP contribution in [0.25, 0.3) is 27.9 Å². The zero-order valence-corrected chi connectivity index (χ0v) is 18.7. The van der Waals surface area contributed by atoms with Crippen LogP contribution < -0.4 is 0 Å². The van der Waals surface area contributed by atoms with Gasteiger partial charge < -0.3 is 4.57 Å². The van der Waals surface area contributed by atoms with E-state index < -0.39 is 0 Å². The fraction of sp³-hybridized carbons (Fsp3) is 0.222. The molecule has 0 atom stereocenters. The van der Waals surface area contributed by atoms with E-state index in [1.165, 1.54) is 44.3 Å². The molecule has 0 bridgehead atoms. The van der Waals surface area contributed by atoms with Gasteiger partial charge in [0.2, 0.25) is 5.69 Å². The van der Waals surface area contributed by atoms with Crippen LogP contribution in [-0.4, -0.2) is 21.9 Å². The topological polar surface area (TPSA) is 7.94 Å². The summed E-state index contributed by atoms with van der Waals surface area (Å²) in [6, 6.07) is 21.6. The van der Waals surface area contributed by atoms with E-state index in [2.05, 4.69) is 104 Å². The number of halogens is 1. The summed E-state index contributed by atoms with van der Waals surface area (Å²) in [5, 5.41) is 3.42. The second kappa shape index (κ2) is 6.85. The van der Waals surface area contributed by atoms with Gasteiger partial charge in [-0.25, -0.2) is 0 Å². The van der Waals surface area contributed by atoms with E-state index in [1.807, 2.05) is 6.07 Å². The molecular formula is C27H26ClN2+. The van der Waals surface area contributed by atoms with Crippen molar-refractivity contribution in [3.8, 4) is 0 Å². The molecule has 2 heterocycles. The summed E-state index contributed by atoms with van der Waals surface area (Å²) >= 11 is 6.29. The maximum atomic E-state index is 6.29. The minimum absolute atomic E-state index is 0.0895. The molecule has 30 heavy (non-hydrogen) atoms. The van der Waals surface area contributed by atoms with Gasteiger partial charge in [-0.15, -0.1) is 0 Å². The van der Waals surface area contributed by atoms with Crippen LogP contribution in [0.1, 0.15) is 31.9 Å². The minimum Gasteiger partial charge on any atom is -0.341 e. The zero-order chi connectivity index (χ0) is 21.0. The smallest absolute Gasteiger partial charge is 0.209 e. The quantitative estimate of drug-likeness (QED) is 0.314. The molecule has 0 spiro atoms. The van der Waals surface area contributed by atoms with Crippen molar-refractivity contribution >= 4 is 50.9 Å². The van der Waals surface area contributed by atoms with Crippen LogP contribution in [0.4, 0.5) is 5.69 Å². The van der Waals surface area contributed by atoms with Crippen LogP contribution in [-0.2, 0) is 12.0 Å². The molecule has 1 aliphatic heterocycles. The van der Waals surface area contributed by atoms with E-state index in [1.54, 1.807) is 0 Å². The molecule has 0 saturated carbocycles. The van der Waals surface area contributed by atoms with E-state index in [-0.39, 0.29) is 5.41 Å². The number of nitrogens with zero attached hydrogens (tertiary/aromatic N) is 2. The second-order valence-corrected chi connectivity index (χ2v) is 9.04. The summed E-state index contributed by atoms with van der Waals surface area (Å²) in [5.74, 6) is 0. The average molecular weight is 414 g/mol. The van der Waals surface area contributed by atoms with Crippen LogP contribution >= 0.6 is 11.6 Å². The van der Waals surface area contributed by atoms with Crippen LogP contribution in [0.2, 0.25) is 5.02 Å². The normalized spacial score (nSPS) is 15.6. The standard InChI is InChI=1S/C27H26ClN2/c1-5-30-23-9-7-6-8-20(23)21-16-18(10-13-24(21)30)11-15-26-27(2,3)22-17-19(28)12-14-25(22)29(26)4/h6-17H,5H2,1-4H3/q+1. The van der Waals surface area contributed by atoms with E-state index >= 15 is 0 Å². The molecule has 1 aliphatic rings. The summed E-state index contributed by atoms with van der Waals surface area (Å²) in [7, 11) is 2.14. The number of benzene rings is 3. The van der Waals surface area contributed by atoms with Crippen molar-refractivity contribution < 1.29 is 4.58 Å². The van der Waals surface area contributed by atoms with Crippen molar-refractivity contribution in [3.63, 3.8) is 0 Å². The largest absolute Gasteiger partial charge is 0.341 e. The number of hydrogen-bond acceptors (Lipinski definition) is 0. The SMILES string of the molecule is CCn1c2ccccc2c2cc(C=CC3=[N+](C)c4ccc(Cl)cc4C3(C)C)ccc21. The Balaban J connectivity index is 1.59. The predicted molar refractivity (Wildman–Crippen MR) is 129 cm³/mol. The van der Waals surface area contributed by atoms with Gasteiger partial charge in [-0.2, -0.15) is 4.58 Å². The fourth-order valence-electron chi connectivity index (χ4n) is 5.00. The summed E-state index contributed by atoms with van der Waals surface area (Å²) in [4.78, 5) is 0. The van der Waals surface area contributed by atoms with E-state index in [9.17, 15) is 0 Å². The molecule has 3 aromatic carbocycles. The lowest BCUT2D eigenvalue weighted by Gasteiger charge is -2.15. The van der Waals surface area contributed by atoms with Crippen LogP contribution in [0.5, 0.6) is 0 Å². The molecule has 0 radical (unpaired) electrons. The minimum atomic E-state index is -0.0895. The molecule has 150 valence electrons. The summed E-state index contributed by atoms with van der Waals surface area (Å²) < 4.78 is 4.67. The van der Waals surface area contributed by atoms with Crippen molar-refractivity contribution in [1.82, 2.24) is 4.57 Å². The van der Waals surface area contributed by atoms with Crippen LogP contribution in [0.3, 0.4) is 0 Å². The molecule has 0 amide bonds. The predicted octanol–water partition coefficient (Wildman–Crippen LogP) is 7.19. The number of para-hydroxylation sites is 1. The number of allylic oxidation sites excluding steroid dienone is 1. The lowest BCUT2D eigenvalue weighted by Crippen LogP contribution is -2.26. The average Bonchev–Trinajstić information content (AvgIpc) is 3.15. The number of rotatable bonds is 3. The summed E-state index contributed by atoms with van der Waals surface area (Å²) in [6.07, 6.45) is 4.49. The highest BCUT2D eigenvalue weighted by Gasteiger charge is 2.42. The highest BCUT2D eigenvalue weighted by molar-refractivity contribution is 6.30. The van der Waals surface area contributed by atoms with Crippen LogP contribution in [0, 0.1) is 0 Å². The van der Waals surface area contributed by atoms with Gasteiger partial charge >= 0.3 is 0 Å². The molecule has 0 fully saturated rings. The Morgan fingerprint density at radius 1 is 0.933 bits per heavy atom. The van der Waals surface area contributed by atoms with Crippen molar-refractivity contribution in [2.75, 3.05) is 7.05 Å². The van der Waals surface area contributed by atoms with Gasteiger partial charge in [0.15, 0.2) is 5.71 Å². The molecule has 1 aromatic heterocycles. The van der Waals surface area contributed by atoms with Gasteiger partial charge in [0.1, 0.15) is 7.05 Å². The van der Waals surface area contributed by atoms with Crippen molar-refractivity contribution in [2.45, 2.75) is 32.7 Å². The Bertz CT molecular complexity index is 1370. The molecule has 0 unspecified atom stereocenters. The lowest BCUT2D eigenvalue weighted by molar-refractivity contribution is -0.401. The van der Waals surface area contributed by atoms with Gasteiger partial charge in [0.25, 0.3) is 0 Å². The molecule has 0 aliphatic carbocycles. The molecule has 3 heteroatoms. The third-order valence-electron chi connectivity index (χ3n) is 6.54. The molecule has 0 saturated heterocycles. The highest BCUT2D eigenvalue weighted by Crippen LogP contribution is 2.40. The number of aryl methyl sites for hydroxylation is 1. The maximum absolute atomic E-state index is 6.29. The maximum Gasteiger partial charge on any atom is 0.209 e. The monoisotopic (exact) mass is 413 g/mol. The first kappa shape index (κ1) is 19.1. The van der Waals surface area contributed by atoms with Gasteiger partial charge in [0, 0.05) is 51.1 Å². The van der Waals surface area contributed by atoms with E-state index in [4.69, 9.17) is 11.6 Å². The Hall–Kier alpha value is -2.84. The lowest BCUT2D eigenvalue weighted by atomic mass is 9.81. The first-order valence-corrected chi connectivity index (χ1v) is 10.9. The molecule has 0 N–H and O–H groups in total. The van der Waals surface area contributed by atoms with Crippen molar-refractivity contribution in [1.29, 1.82) is 0 Å². The summed E-state index contributed by atoms with van der Waals surface area (Å²) in [5.41, 5.74) is 7.50. The number of hydrogen-bond donors (Lipinski definition) is 0. The van der Waals surface area contributed by atoms with Crippen molar-refractivity contribution in [3.05, 3.63) is 82.9 Å². The molecule has 5 rings (SSSR count). The Morgan fingerprint density at radius 3 is 2.50 bits per heavy atom. The molecule has 4 aromatic rings. The van der Waals surface area contributed by atoms with Gasteiger partial charge in [0.05, 0.1) is 5.41 Å². The highest BCUT2D eigenvalue weighted by atomic mass is 35.5. The van der Waals surface area contributed by atoms with E-state index in [0.717, 1.165) is 11.6 Å². The van der Waals surface area contributed by atoms with Gasteiger partial charge in [-0.3, -0.25) is 0 Å². The second-order valence-electron chi connectivity index (χ2n) is 8.60. The molecule has 2 nitrogen and oxygen atoms in total. The van der Waals surface area contributed by atoms with Gasteiger partial charge in [-0.05, 0) is 62.7 Å². The number of fused-ring (bicyclic) bond motifs is 4. The first-order valence-electron chi connectivity index (χ1n) is 10.5.